The monoisotopic (exact) mass is 528 g/mol. The van der Waals surface area contributed by atoms with Crippen LogP contribution in [0, 0.1) is 17.1 Å². The summed E-state index contributed by atoms with van der Waals surface area (Å²) in [6.07, 6.45) is 1.25. The molecule has 0 aliphatic carbocycles. The lowest BCUT2D eigenvalue weighted by Crippen LogP contribution is -2.14. The maximum Gasteiger partial charge on any atom is 0.267 e. The Morgan fingerprint density at radius 1 is 0.892 bits per heavy atom. The summed E-state index contributed by atoms with van der Waals surface area (Å²) in [5.74, 6) is 1.14. The highest BCUT2D eigenvalue weighted by molar-refractivity contribution is 6.31. The number of carbonyl (C=O) groups is 1. The molecule has 0 bridgehead atoms. The van der Waals surface area contributed by atoms with Crippen LogP contribution in [0.3, 0.4) is 0 Å². The average molecular weight is 529 g/mol. The highest BCUT2D eigenvalue weighted by atomic mass is 35.5. The predicted molar refractivity (Wildman–Crippen MR) is 141 cm³/mol. The highest BCUT2D eigenvalue weighted by Gasteiger charge is 2.11. The van der Waals surface area contributed by atoms with E-state index in [1.165, 1.54) is 32.6 Å². The van der Waals surface area contributed by atoms with Crippen LogP contribution in [0.25, 0.3) is 0 Å². The Morgan fingerprint density at radius 3 is 2.03 bits per heavy atom. The largest absolute Gasteiger partial charge is 0.493 e. The van der Waals surface area contributed by atoms with Crippen molar-refractivity contribution in [2.45, 2.75) is 0 Å². The van der Waals surface area contributed by atoms with E-state index in [0.29, 0.717) is 34.4 Å². The molecule has 0 aliphatic heterocycles. The van der Waals surface area contributed by atoms with E-state index in [0.717, 1.165) is 6.07 Å². The van der Waals surface area contributed by atoms with Crippen molar-refractivity contribution < 1.29 is 28.1 Å². The Morgan fingerprint density at radius 2 is 1.46 bits per heavy atom. The van der Waals surface area contributed by atoms with Crippen LogP contribution in [-0.4, -0.2) is 34.3 Å². The van der Waals surface area contributed by atoms with Gasteiger partial charge in [-0.2, -0.15) is 5.26 Å². The van der Waals surface area contributed by atoms with Crippen LogP contribution in [0.15, 0.2) is 66.4 Å². The first-order valence-corrected chi connectivity index (χ1v) is 11.0. The van der Waals surface area contributed by atoms with Gasteiger partial charge < -0.3 is 35.3 Å². The van der Waals surface area contributed by atoms with Crippen molar-refractivity contribution in [1.82, 2.24) is 0 Å². The van der Waals surface area contributed by atoms with Crippen LogP contribution in [0.2, 0.25) is 5.02 Å². The third-order valence-corrected chi connectivity index (χ3v) is 5.01. The third-order valence-electron chi connectivity index (χ3n) is 4.72. The molecule has 0 heterocycles. The predicted octanol–water partition coefficient (Wildman–Crippen LogP) is 5.24. The zero-order valence-corrected chi connectivity index (χ0v) is 21.4. The van der Waals surface area contributed by atoms with Gasteiger partial charge >= 0.3 is 0 Å². The summed E-state index contributed by atoms with van der Waals surface area (Å²) < 4.78 is 33.5. The number of anilines is 3. The number of nitrogen functional groups attached to an aromatic ring is 1. The molecule has 0 saturated heterocycles. The number of nitriles is 1. The van der Waals surface area contributed by atoms with E-state index in [4.69, 9.17) is 36.3 Å². The fraction of sp³-hybridized carbons (Fsp3) is 0.154. The van der Waals surface area contributed by atoms with Gasteiger partial charge in [0.1, 0.15) is 17.5 Å². The third kappa shape index (κ3) is 8.23. The standard InChI is InChI=1S/C18H15ClFN3O3.C8H11NO2/c1-25-16-6-4-12(8-17(16)26-2)22-10-11(9-21)18(24)23-13-3-5-15(20)14(19)7-13;1-10-7-4-3-6(9)5-8(7)11-2/h3-8,10,22H,1-2H3,(H,23,24);3-5H,9H2,1-2H3. The van der Waals surface area contributed by atoms with Crippen molar-refractivity contribution in [3.8, 4) is 29.1 Å². The summed E-state index contributed by atoms with van der Waals surface area (Å²) in [7, 11) is 6.19. The van der Waals surface area contributed by atoms with Gasteiger partial charge in [0.2, 0.25) is 0 Å². The Kier molecular flexibility index (Phi) is 10.9. The maximum absolute atomic E-state index is 13.1. The Hall–Kier alpha value is -4.62. The first-order chi connectivity index (χ1) is 17.8. The number of carbonyl (C=O) groups excluding carboxylic acids is 1. The number of benzene rings is 3. The highest BCUT2D eigenvalue weighted by Crippen LogP contribution is 2.30. The molecule has 11 heteroatoms. The van der Waals surface area contributed by atoms with Gasteiger partial charge in [0, 0.05) is 35.4 Å². The van der Waals surface area contributed by atoms with E-state index in [1.807, 2.05) is 0 Å². The molecule has 0 aromatic heterocycles. The fourth-order valence-corrected chi connectivity index (χ4v) is 3.04. The van der Waals surface area contributed by atoms with Gasteiger partial charge in [-0.15, -0.1) is 0 Å². The molecule has 0 spiro atoms. The number of nitrogens with one attached hydrogen (secondary N) is 2. The van der Waals surface area contributed by atoms with Crippen molar-refractivity contribution in [3.05, 3.63) is 77.2 Å². The van der Waals surface area contributed by atoms with Crippen molar-refractivity contribution >= 4 is 34.6 Å². The summed E-state index contributed by atoms with van der Waals surface area (Å²) in [5, 5.41) is 14.4. The molecule has 4 N–H and O–H groups in total. The second-order valence-corrected chi connectivity index (χ2v) is 7.49. The van der Waals surface area contributed by atoms with E-state index in [2.05, 4.69) is 10.6 Å². The molecular weight excluding hydrogens is 503 g/mol. The molecule has 3 rings (SSSR count). The van der Waals surface area contributed by atoms with E-state index in [-0.39, 0.29) is 16.3 Å². The molecule has 3 aromatic carbocycles. The van der Waals surface area contributed by atoms with Crippen LogP contribution in [0.4, 0.5) is 21.5 Å². The number of halogens is 2. The molecule has 0 atom stereocenters. The molecule has 0 unspecified atom stereocenters. The summed E-state index contributed by atoms with van der Waals surface area (Å²) in [6.45, 7) is 0. The first kappa shape index (κ1) is 28.6. The first-order valence-electron chi connectivity index (χ1n) is 10.6. The van der Waals surface area contributed by atoms with Crippen molar-refractivity contribution in [3.63, 3.8) is 0 Å². The SMILES string of the molecule is COc1ccc(N)cc1OC.COc1ccc(NC=C(C#N)C(=O)Nc2ccc(F)c(Cl)c2)cc1OC. The lowest BCUT2D eigenvalue weighted by molar-refractivity contribution is -0.112. The number of rotatable bonds is 8. The lowest BCUT2D eigenvalue weighted by atomic mass is 10.2. The molecule has 0 aliphatic rings. The van der Waals surface area contributed by atoms with E-state index in [1.54, 1.807) is 56.7 Å². The maximum atomic E-state index is 13.1. The van der Waals surface area contributed by atoms with Crippen molar-refractivity contribution in [2.24, 2.45) is 0 Å². The molecule has 0 saturated carbocycles. The quantitative estimate of drug-likeness (QED) is 0.206. The molecule has 9 nitrogen and oxygen atoms in total. The van der Waals surface area contributed by atoms with Crippen LogP contribution in [0.5, 0.6) is 23.0 Å². The minimum absolute atomic E-state index is 0.131. The second kappa shape index (κ2) is 14.1. The van der Waals surface area contributed by atoms with Crippen molar-refractivity contribution in [2.75, 3.05) is 44.8 Å². The number of amides is 1. The van der Waals surface area contributed by atoms with E-state index in [9.17, 15) is 14.4 Å². The second-order valence-electron chi connectivity index (χ2n) is 7.08. The number of nitrogens with zero attached hydrogens (tertiary/aromatic N) is 1. The molecule has 37 heavy (non-hydrogen) atoms. The Balaban J connectivity index is 0.000000364. The van der Waals surface area contributed by atoms with Crippen molar-refractivity contribution in [1.29, 1.82) is 5.26 Å². The number of methoxy groups -OCH3 is 4. The number of hydrogen-bond acceptors (Lipinski definition) is 8. The van der Waals surface area contributed by atoms with Gasteiger partial charge in [0.15, 0.2) is 23.0 Å². The van der Waals surface area contributed by atoms with Gasteiger partial charge in [-0.05, 0) is 42.5 Å². The minimum atomic E-state index is -0.664. The summed E-state index contributed by atoms with van der Waals surface area (Å²) in [4.78, 5) is 12.2. The normalized spacial score (nSPS) is 10.2. The summed E-state index contributed by atoms with van der Waals surface area (Å²) >= 11 is 5.66. The smallest absolute Gasteiger partial charge is 0.267 e. The van der Waals surface area contributed by atoms with Gasteiger partial charge in [-0.3, -0.25) is 4.79 Å². The Bertz CT molecular complexity index is 1310. The molecule has 194 valence electrons. The van der Waals surface area contributed by atoms with E-state index >= 15 is 0 Å². The molecule has 3 aromatic rings. The topological polar surface area (TPSA) is 128 Å². The van der Waals surface area contributed by atoms with Gasteiger partial charge in [-0.25, -0.2) is 4.39 Å². The lowest BCUT2D eigenvalue weighted by Gasteiger charge is -2.10. The zero-order valence-electron chi connectivity index (χ0n) is 20.6. The fourth-order valence-electron chi connectivity index (χ4n) is 2.86. The van der Waals surface area contributed by atoms with E-state index < -0.39 is 11.7 Å². The Labute approximate surface area is 219 Å². The zero-order chi connectivity index (χ0) is 27.4. The van der Waals surface area contributed by atoms with Crippen LogP contribution < -0.4 is 35.3 Å². The average Bonchev–Trinajstić information content (AvgIpc) is 2.91. The van der Waals surface area contributed by atoms with Gasteiger partial charge in [0.05, 0.1) is 33.5 Å². The summed E-state index contributed by atoms with van der Waals surface area (Å²) in [6, 6.07) is 15.8. The van der Waals surface area contributed by atoms with Crippen LogP contribution in [-0.2, 0) is 4.79 Å². The number of hydrogen-bond donors (Lipinski definition) is 3. The molecular formula is C26H26ClFN4O5. The number of ether oxygens (including phenoxy) is 4. The van der Waals surface area contributed by atoms with Gasteiger partial charge in [0.25, 0.3) is 5.91 Å². The van der Waals surface area contributed by atoms with Crippen LogP contribution in [0.1, 0.15) is 0 Å². The molecule has 0 fully saturated rings. The summed E-state index contributed by atoms with van der Waals surface area (Å²) in [5.41, 5.74) is 6.87. The van der Waals surface area contributed by atoms with Crippen LogP contribution >= 0.6 is 11.6 Å². The van der Waals surface area contributed by atoms with Gasteiger partial charge in [-0.1, -0.05) is 11.6 Å². The molecule has 0 radical (unpaired) electrons. The molecule has 1 amide bonds. The minimum Gasteiger partial charge on any atom is -0.493 e. The number of nitrogens with two attached hydrogens (primary N) is 1.